The van der Waals surface area contributed by atoms with Crippen molar-refractivity contribution in [1.29, 1.82) is 0 Å². The first kappa shape index (κ1) is 21.7. The molecule has 0 saturated heterocycles. The fourth-order valence-electron chi connectivity index (χ4n) is 2.74. The second-order valence-electron chi connectivity index (χ2n) is 6.35. The van der Waals surface area contributed by atoms with E-state index in [1.165, 1.54) is 13.2 Å². The zero-order valence-electron chi connectivity index (χ0n) is 16.5. The number of hydrogen-bond acceptors (Lipinski definition) is 5. The molecule has 0 fully saturated rings. The maximum absolute atomic E-state index is 12.7. The Morgan fingerprint density at radius 1 is 0.774 bits per heavy atom. The highest BCUT2D eigenvalue weighted by Gasteiger charge is 2.15. The largest absolute Gasteiger partial charge is 0.465 e. The van der Waals surface area contributed by atoms with Gasteiger partial charge < -0.3 is 15.4 Å². The molecule has 8 heteroatoms. The Hall–Kier alpha value is -4.04. The Morgan fingerprint density at radius 3 is 2.19 bits per heavy atom. The van der Waals surface area contributed by atoms with E-state index in [9.17, 15) is 14.4 Å². The minimum absolute atomic E-state index is 0.00781. The number of benzene rings is 3. The number of para-hydroxylation sites is 2. The van der Waals surface area contributed by atoms with Gasteiger partial charge in [-0.05, 0) is 54.7 Å². The molecule has 0 atom stereocenters. The van der Waals surface area contributed by atoms with Crippen LogP contribution in [0.25, 0.3) is 0 Å². The molecule has 0 bridgehead atoms. The normalized spacial score (nSPS) is 9.97. The fraction of sp³-hybridized carbons (Fsp3) is 0.0435. The standard InChI is InChI=1S/C23H19N3O4S/c1-30-22(29)16-9-7-8-15(14-16)20(27)26-23(31)25-19-13-6-5-12-18(19)21(28)24-17-10-3-2-4-11-17/h2-14H,1H3,(H,24,28)(H2,25,26,27,31). The molecule has 0 radical (unpaired) electrons. The smallest absolute Gasteiger partial charge is 0.337 e. The molecular formula is C23H19N3O4S. The van der Waals surface area contributed by atoms with E-state index in [4.69, 9.17) is 12.2 Å². The molecule has 2 amide bonds. The molecule has 0 spiro atoms. The molecule has 0 aliphatic heterocycles. The summed E-state index contributed by atoms with van der Waals surface area (Å²) in [5, 5.41) is 8.23. The van der Waals surface area contributed by atoms with E-state index in [1.54, 1.807) is 54.6 Å². The third-order valence-corrected chi connectivity index (χ3v) is 4.43. The van der Waals surface area contributed by atoms with Gasteiger partial charge in [0.15, 0.2) is 5.11 Å². The second-order valence-corrected chi connectivity index (χ2v) is 6.75. The van der Waals surface area contributed by atoms with Gasteiger partial charge in [-0.15, -0.1) is 0 Å². The van der Waals surface area contributed by atoms with Crippen LogP contribution < -0.4 is 16.0 Å². The van der Waals surface area contributed by atoms with E-state index in [-0.39, 0.29) is 22.1 Å². The van der Waals surface area contributed by atoms with Crippen LogP contribution in [0.3, 0.4) is 0 Å². The predicted octanol–water partition coefficient (Wildman–Crippen LogP) is 3.85. The van der Waals surface area contributed by atoms with E-state index in [0.717, 1.165) is 0 Å². The summed E-state index contributed by atoms with van der Waals surface area (Å²) in [5.41, 5.74) is 1.93. The van der Waals surface area contributed by atoms with Crippen molar-refractivity contribution in [3.05, 3.63) is 95.6 Å². The summed E-state index contributed by atoms with van der Waals surface area (Å²) in [7, 11) is 1.26. The van der Waals surface area contributed by atoms with Crippen molar-refractivity contribution in [2.75, 3.05) is 17.7 Å². The second kappa shape index (κ2) is 10.1. The van der Waals surface area contributed by atoms with Crippen molar-refractivity contribution in [1.82, 2.24) is 5.32 Å². The maximum atomic E-state index is 12.7. The van der Waals surface area contributed by atoms with Gasteiger partial charge in [-0.2, -0.15) is 0 Å². The summed E-state index contributed by atoms with van der Waals surface area (Å²) < 4.78 is 4.66. The Balaban J connectivity index is 1.69. The van der Waals surface area contributed by atoms with Gasteiger partial charge in [-0.25, -0.2) is 4.79 Å². The SMILES string of the molecule is COC(=O)c1cccc(C(=O)NC(=S)Nc2ccccc2C(=O)Nc2ccccc2)c1. The molecule has 3 aromatic rings. The molecule has 3 N–H and O–H groups in total. The summed E-state index contributed by atoms with van der Waals surface area (Å²) in [6.45, 7) is 0. The number of hydrogen-bond donors (Lipinski definition) is 3. The van der Waals surface area contributed by atoms with E-state index >= 15 is 0 Å². The van der Waals surface area contributed by atoms with Crippen molar-refractivity contribution in [3.8, 4) is 0 Å². The summed E-state index contributed by atoms with van der Waals surface area (Å²) in [6, 6.07) is 21.9. The minimum atomic E-state index is -0.547. The van der Waals surface area contributed by atoms with Gasteiger partial charge >= 0.3 is 5.97 Å². The number of rotatable bonds is 5. The number of carbonyl (C=O) groups excluding carboxylic acids is 3. The lowest BCUT2D eigenvalue weighted by atomic mass is 10.1. The lowest BCUT2D eigenvalue weighted by molar-refractivity contribution is 0.0600. The molecule has 7 nitrogen and oxygen atoms in total. The molecule has 3 rings (SSSR count). The number of nitrogens with one attached hydrogen (secondary N) is 3. The Bertz CT molecular complexity index is 1130. The number of thiocarbonyl (C=S) groups is 1. The third kappa shape index (κ3) is 5.74. The number of amides is 2. The lowest BCUT2D eigenvalue weighted by Crippen LogP contribution is -2.34. The van der Waals surface area contributed by atoms with Crippen LogP contribution in [0.5, 0.6) is 0 Å². The van der Waals surface area contributed by atoms with Crippen LogP contribution >= 0.6 is 12.2 Å². The van der Waals surface area contributed by atoms with E-state index in [1.807, 2.05) is 18.2 Å². The van der Waals surface area contributed by atoms with Crippen LogP contribution in [0.1, 0.15) is 31.1 Å². The van der Waals surface area contributed by atoms with Gasteiger partial charge in [0.1, 0.15) is 0 Å². The quantitative estimate of drug-likeness (QED) is 0.418. The summed E-state index contributed by atoms with van der Waals surface area (Å²) in [6.07, 6.45) is 0. The first-order valence-electron chi connectivity index (χ1n) is 9.24. The fourth-order valence-corrected chi connectivity index (χ4v) is 2.95. The van der Waals surface area contributed by atoms with Crippen LogP contribution in [-0.4, -0.2) is 30.0 Å². The highest BCUT2D eigenvalue weighted by Crippen LogP contribution is 2.17. The van der Waals surface area contributed by atoms with Crippen LogP contribution in [0.15, 0.2) is 78.9 Å². The predicted molar refractivity (Wildman–Crippen MR) is 122 cm³/mol. The maximum Gasteiger partial charge on any atom is 0.337 e. The third-order valence-electron chi connectivity index (χ3n) is 4.22. The summed E-state index contributed by atoms with van der Waals surface area (Å²) >= 11 is 5.23. The average Bonchev–Trinajstić information content (AvgIpc) is 2.79. The van der Waals surface area contributed by atoms with Crippen molar-refractivity contribution in [3.63, 3.8) is 0 Å². The Labute approximate surface area is 184 Å². The number of methoxy groups -OCH3 is 1. The van der Waals surface area contributed by atoms with Gasteiger partial charge in [-0.1, -0.05) is 36.4 Å². The van der Waals surface area contributed by atoms with E-state index < -0.39 is 11.9 Å². The molecule has 0 aliphatic carbocycles. The number of carbonyl (C=O) groups is 3. The van der Waals surface area contributed by atoms with Crippen LogP contribution in [0, 0.1) is 0 Å². The van der Waals surface area contributed by atoms with Gasteiger partial charge in [0, 0.05) is 11.3 Å². The highest BCUT2D eigenvalue weighted by atomic mass is 32.1. The number of esters is 1. The molecule has 31 heavy (non-hydrogen) atoms. The van der Waals surface area contributed by atoms with Crippen LogP contribution in [-0.2, 0) is 4.74 Å². The van der Waals surface area contributed by atoms with E-state index in [0.29, 0.717) is 16.9 Å². The average molecular weight is 433 g/mol. The van der Waals surface area contributed by atoms with Crippen LogP contribution in [0.2, 0.25) is 0 Å². The van der Waals surface area contributed by atoms with Gasteiger partial charge in [-0.3, -0.25) is 14.9 Å². The lowest BCUT2D eigenvalue weighted by Gasteiger charge is -2.14. The molecule has 3 aromatic carbocycles. The number of ether oxygens (including phenoxy) is 1. The molecule has 0 unspecified atom stereocenters. The topological polar surface area (TPSA) is 96.5 Å². The Kier molecular flexibility index (Phi) is 7.08. The van der Waals surface area contributed by atoms with Gasteiger partial charge in [0.2, 0.25) is 0 Å². The monoisotopic (exact) mass is 433 g/mol. The molecule has 0 heterocycles. The van der Waals surface area contributed by atoms with E-state index in [2.05, 4.69) is 20.7 Å². The first-order chi connectivity index (χ1) is 15.0. The molecule has 0 saturated carbocycles. The van der Waals surface area contributed by atoms with Crippen molar-refractivity contribution in [2.24, 2.45) is 0 Å². The highest BCUT2D eigenvalue weighted by molar-refractivity contribution is 7.80. The summed E-state index contributed by atoms with van der Waals surface area (Å²) in [4.78, 5) is 36.8. The summed E-state index contributed by atoms with van der Waals surface area (Å²) in [5.74, 6) is -1.38. The molecule has 0 aromatic heterocycles. The molecule has 0 aliphatic rings. The zero-order chi connectivity index (χ0) is 22.2. The van der Waals surface area contributed by atoms with Gasteiger partial charge in [0.05, 0.1) is 23.9 Å². The number of anilines is 2. The van der Waals surface area contributed by atoms with Crippen molar-refractivity contribution >= 4 is 46.5 Å². The molecule has 156 valence electrons. The van der Waals surface area contributed by atoms with Crippen LogP contribution in [0.4, 0.5) is 11.4 Å². The Morgan fingerprint density at radius 2 is 1.45 bits per heavy atom. The van der Waals surface area contributed by atoms with Crippen molar-refractivity contribution in [2.45, 2.75) is 0 Å². The zero-order valence-corrected chi connectivity index (χ0v) is 17.4. The van der Waals surface area contributed by atoms with Gasteiger partial charge in [0.25, 0.3) is 11.8 Å². The minimum Gasteiger partial charge on any atom is -0.465 e. The molecular weight excluding hydrogens is 414 g/mol. The first-order valence-corrected chi connectivity index (χ1v) is 9.65. The van der Waals surface area contributed by atoms with Crippen molar-refractivity contribution < 1.29 is 19.1 Å².